The molecule has 3 N–H and O–H groups in total. The van der Waals surface area contributed by atoms with Gasteiger partial charge in [-0.2, -0.15) is 0 Å². The van der Waals surface area contributed by atoms with Crippen LogP contribution in [0.2, 0.25) is 5.02 Å². The Morgan fingerprint density at radius 1 is 1.43 bits per heavy atom. The lowest BCUT2D eigenvalue weighted by Gasteiger charge is -2.24. The molecule has 8 heteroatoms. The van der Waals surface area contributed by atoms with E-state index in [-0.39, 0.29) is 17.5 Å². The van der Waals surface area contributed by atoms with Crippen LogP contribution >= 0.6 is 11.6 Å². The van der Waals surface area contributed by atoms with Crippen LogP contribution in [0.4, 0.5) is 0 Å². The number of carboxylic acids is 1. The Morgan fingerprint density at radius 3 is 2.82 bits per heavy atom. The fraction of sp³-hybridized carbons (Fsp3) is 0.400. The highest BCUT2D eigenvalue weighted by molar-refractivity contribution is 6.32. The summed E-state index contributed by atoms with van der Waals surface area (Å²) in [5, 5.41) is 9.73. The van der Waals surface area contributed by atoms with Crippen LogP contribution in [-0.2, 0) is 0 Å². The van der Waals surface area contributed by atoms with Crippen molar-refractivity contribution in [1.29, 1.82) is 0 Å². The molecule has 0 radical (unpaired) electrons. The quantitative estimate of drug-likeness (QED) is 0.714. The van der Waals surface area contributed by atoms with Crippen LogP contribution in [0.3, 0.4) is 0 Å². The number of rotatable bonds is 6. The predicted octanol–water partition coefficient (Wildman–Crippen LogP) is 3.18. The molecular formula is C20H23ClN2O5. The van der Waals surface area contributed by atoms with Crippen LogP contribution < -0.4 is 20.6 Å². The Labute approximate surface area is 167 Å². The normalized spacial score (nSPS) is 15.4. The number of hydrogen-bond donors (Lipinski definition) is 2. The van der Waals surface area contributed by atoms with Gasteiger partial charge in [-0.15, -0.1) is 0 Å². The van der Waals surface area contributed by atoms with E-state index >= 15 is 0 Å². The molecule has 1 atom stereocenters. The van der Waals surface area contributed by atoms with E-state index in [0.29, 0.717) is 54.0 Å². The minimum atomic E-state index is -1.25. The molecule has 0 spiro atoms. The zero-order valence-corrected chi connectivity index (χ0v) is 16.5. The molecule has 0 bridgehead atoms. The number of halogens is 1. The number of pyridine rings is 1. The summed E-state index contributed by atoms with van der Waals surface area (Å²) in [6.45, 7) is 5.30. The van der Waals surface area contributed by atoms with Crippen LogP contribution in [0.1, 0.15) is 36.7 Å². The molecule has 3 rings (SSSR count). The molecule has 28 heavy (non-hydrogen) atoms. The summed E-state index contributed by atoms with van der Waals surface area (Å²) in [7, 11) is 0. The summed E-state index contributed by atoms with van der Waals surface area (Å²) >= 11 is 6.39. The smallest absolute Gasteiger partial charge is 0.341 e. The van der Waals surface area contributed by atoms with Crippen molar-refractivity contribution in [2.24, 2.45) is 11.7 Å². The Hall–Kier alpha value is -2.51. The van der Waals surface area contributed by atoms with Gasteiger partial charge >= 0.3 is 5.97 Å². The van der Waals surface area contributed by atoms with Crippen LogP contribution in [-0.4, -0.2) is 35.4 Å². The zero-order chi connectivity index (χ0) is 20.4. The number of nitrogens with zero attached hydrogens (tertiary/aromatic N) is 1. The lowest BCUT2D eigenvalue weighted by Crippen LogP contribution is -2.25. The van der Waals surface area contributed by atoms with Gasteiger partial charge in [0.1, 0.15) is 23.7 Å². The van der Waals surface area contributed by atoms with Crippen LogP contribution in [0.5, 0.6) is 11.5 Å². The van der Waals surface area contributed by atoms with E-state index in [1.165, 1.54) is 12.3 Å². The van der Waals surface area contributed by atoms with Crippen molar-refractivity contribution in [3.63, 3.8) is 0 Å². The molecular weight excluding hydrogens is 384 g/mol. The molecule has 1 aliphatic rings. The first kappa shape index (κ1) is 20.2. The van der Waals surface area contributed by atoms with E-state index in [2.05, 4.69) is 0 Å². The first-order valence-electron chi connectivity index (χ1n) is 9.12. The van der Waals surface area contributed by atoms with E-state index < -0.39 is 11.4 Å². The molecule has 0 aliphatic carbocycles. The van der Waals surface area contributed by atoms with E-state index in [4.69, 9.17) is 26.8 Å². The number of carboxylic acid groups (broad SMARTS) is 1. The van der Waals surface area contributed by atoms with Gasteiger partial charge < -0.3 is 24.9 Å². The maximum Gasteiger partial charge on any atom is 0.341 e. The van der Waals surface area contributed by atoms with E-state index in [1.54, 1.807) is 16.7 Å². The van der Waals surface area contributed by atoms with E-state index in [9.17, 15) is 14.7 Å². The maximum atomic E-state index is 12.4. The molecule has 0 fully saturated rings. The second kappa shape index (κ2) is 8.24. The van der Waals surface area contributed by atoms with Crippen LogP contribution in [0.15, 0.2) is 29.2 Å². The van der Waals surface area contributed by atoms with Crippen molar-refractivity contribution in [3.8, 4) is 22.8 Å². The SMILES string of the molecule is CC(C)[C@@H]1COc2cc(OCCCN)c(Cl)cc2-c2cc(=O)c(C(=O)O)cn21. The van der Waals surface area contributed by atoms with Crippen LogP contribution in [0.25, 0.3) is 11.3 Å². The number of aromatic nitrogens is 1. The van der Waals surface area contributed by atoms with Crippen molar-refractivity contribution in [1.82, 2.24) is 4.57 Å². The number of benzene rings is 1. The summed E-state index contributed by atoms with van der Waals surface area (Å²) in [4.78, 5) is 23.8. The van der Waals surface area contributed by atoms with Gasteiger partial charge in [-0.05, 0) is 24.9 Å². The lowest BCUT2D eigenvalue weighted by molar-refractivity contribution is 0.0694. The summed E-state index contributed by atoms with van der Waals surface area (Å²) in [6.07, 6.45) is 2.09. The van der Waals surface area contributed by atoms with E-state index in [1.807, 2.05) is 13.8 Å². The molecule has 1 aromatic carbocycles. The number of hydrogen-bond acceptors (Lipinski definition) is 5. The Bertz CT molecular complexity index is 954. The van der Waals surface area contributed by atoms with Gasteiger partial charge in [0, 0.05) is 23.9 Å². The van der Waals surface area contributed by atoms with Gasteiger partial charge in [0.25, 0.3) is 0 Å². The summed E-state index contributed by atoms with van der Waals surface area (Å²) < 4.78 is 13.5. The van der Waals surface area contributed by atoms with E-state index in [0.717, 1.165) is 0 Å². The minimum absolute atomic E-state index is 0.146. The van der Waals surface area contributed by atoms with Gasteiger partial charge in [-0.1, -0.05) is 25.4 Å². The minimum Gasteiger partial charge on any atom is -0.492 e. The molecule has 0 saturated carbocycles. The first-order chi connectivity index (χ1) is 13.3. The standard InChI is InChI=1S/C20H23ClN2O5/c1-11(2)16-10-28-18-8-19(27-5-3-4-22)14(21)6-12(18)15-7-17(24)13(20(25)26)9-23(15)16/h6-9,11,16H,3-5,10,22H2,1-2H3,(H,25,26)/t16-/m0/s1. The van der Waals surface area contributed by atoms with Crippen molar-refractivity contribution in [2.45, 2.75) is 26.3 Å². The highest BCUT2D eigenvalue weighted by Crippen LogP contribution is 2.42. The second-order valence-corrected chi connectivity index (χ2v) is 7.45. The average molecular weight is 407 g/mol. The lowest BCUT2D eigenvalue weighted by atomic mass is 10.0. The Kier molecular flexibility index (Phi) is 5.96. The van der Waals surface area contributed by atoms with Crippen molar-refractivity contribution >= 4 is 17.6 Å². The fourth-order valence-corrected chi connectivity index (χ4v) is 3.42. The third kappa shape index (κ3) is 3.86. The molecule has 1 aromatic heterocycles. The molecule has 0 saturated heterocycles. The number of ether oxygens (including phenoxy) is 2. The third-order valence-corrected chi connectivity index (χ3v) is 5.06. The first-order valence-corrected chi connectivity index (χ1v) is 9.50. The molecule has 1 aliphatic heterocycles. The highest BCUT2D eigenvalue weighted by Gasteiger charge is 2.27. The van der Waals surface area contributed by atoms with Crippen molar-refractivity contribution in [2.75, 3.05) is 19.8 Å². The number of carbonyl (C=O) groups is 1. The maximum absolute atomic E-state index is 12.4. The molecule has 0 amide bonds. The molecule has 150 valence electrons. The molecule has 7 nitrogen and oxygen atoms in total. The summed E-state index contributed by atoms with van der Waals surface area (Å²) in [5.74, 6) is -0.0951. The summed E-state index contributed by atoms with van der Waals surface area (Å²) in [6, 6.07) is 4.57. The third-order valence-electron chi connectivity index (χ3n) is 4.76. The van der Waals surface area contributed by atoms with Crippen molar-refractivity contribution in [3.05, 3.63) is 45.2 Å². The molecule has 0 unspecified atom stereocenters. The average Bonchev–Trinajstić information content (AvgIpc) is 2.78. The van der Waals surface area contributed by atoms with Crippen molar-refractivity contribution < 1.29 is 19.4 Å². The Morgan fingerprint density at radius 2 is 2.18 bits per heavy atom. The number of fused-ring (bicyclic) bond motifs is 3. The van der Waals surface area contributed by atoms with Gasteiger partial charge in [-0.3, -0.25) is 4.79 Å². The largest absolute Gasteiger partial charge is 0.492 e. The molecule has 2 heterocycles. The topological polar surface area (TPSA) is 104 Å². The van der Waals surface area contributed by atoms with Gasteiger partial charge in [0.15, 0.2) is 5.43 Å². The molecule has 2 aromatic rings. The predicted molar refractivity (Wildman–Crippen MR) is 107 cm³/mol. The zero-order valence-electron chi connectivity index (χ0n) is 15.8. The Balaban J connectivity index is 2.16. The summed E-state index contributed by atoms with van der Waals surface area (Å²) in [5.41, 5.74) is 5.85. The highest BCUT2D eigenvalue weighted by atomic mass is 35.5. The monoisotopic (exact) mass is 406 g/mol. The fourth-order valence-electron chi connectivity index (χ4n) is 3.20. The van der Waals surface area contributed by atoms with Crippen LogP contribution in [0, 0.1) is 5.92 Å². The van der Waals surface area contributed by atoms with Gasteiger partial charge in [0.2, 0.25) is 0 Å². The number of aromatic carboxylic acids is 1. The second-order valence-electron chi connectivity index (χ2n) is 7.04. The number of nitrogens with two attached hydrogens (primary N) is 1. The van der Waals surface area contributed by atoms with Gasteiger partial charge in [-0.25, -0.2) is 4.79 Å². The van der Waals surface area contributed by atoms with Gasteiger partial charge in [0.05, 0.1) is 23.4 Å².